The smallest absolute Gasteiger partial charge is 0.162 e. The van der Waals surface area contributed by atoms with Gasteiger partial charge >= 0.3 is 0 Å². The summed E-state index contributed by atoms with van der Waals surface area (Å²) in [6.45, 7) is 19.5. The molecule has 352 valence electrons. The molecule has 0 radical (unpaired) electrons. The largest absolute Gasteiger partial charge is 0.300 e. The Bertz CT molecular complexity index is 2230. The fraction of sp³-hybridized carbons (Fsp3) is 0.393. The Morgan fingerprint density at radius 1 is 0.439 bits per heavy atom. The summed E-state index contributed by atoms with van der Waals surface area (Å²) in [6.07, 6.45) is 12.9. The number of allylic oxidation sites excluding steroid dienone is 2. The van der Waals surface area contributed by atoms with E-state index in [1.54, 1.807) is 0 Å². The second-order valence-corrected chi connectivity index (χ2v) is 19.6. The number of ketones is 3. The summed E-state index contributed by atoms with van der Waals surface area (Å²) in [5.41, 5.74) is 12.4. The van der Waals surface area contributed by atoms with Gasteiger partial charge in [0.2, 0.25) is 0 Å². The van der Waals surface area contributed by atoms with Crippen molar-refractivity contribution in [2.75, 3.05) is 0 Å². The predicted octanol–water partition coefficient (Wildman–Crippen LogP) is 18.6. The molecular formula is C56H64Cl4O3S3. The van der Waals surface area contributed by atoms with E-state index in [1.807, 2.05) is 90.9 Å². The average Bonchev–Trinajstić information content (AvgIpc) is 3.31. The van der Waals surface area contributed by atoms with Crippen LogP contribution in [0, 0.1) is 27.7 Å². The van der Waals surface area contributed by atoms with E-state index >= 15 is 0 Å². The van der Waals surface area contributed by atoms with Gasteiger partial charge in [-0.25, -0.2) is 0 Å². The molecule has 0 atom stereocenters. The Balaban J connectivity index is 0.000000350. The summed E-state index contributed by atoms with van der Waals surface area (Å²) in [4.78, 5) is 39.8. The van der Waals surface area contributed by atoms with Gasteiger partial charge in [-0.2, -0.15) is 0 Å². The highest BCUT2D eigenvalue weighted by atomic mass is 35.5. The number of unbranched alkanes of at least 4 members (excludes halogenated alkanes) is 2. The molecule has 66 heavy (non-hydrogen) atoms. The molecule has 0 unspecified atom stereocenters. The Kier molecular flexibility index (Phi) is 24.0. The molecule has 4 aromatic rings. The first kappa shape index (κ1) is 57.1. The summed E-state index contributed by atoms with van der Waals surface area (Å²) in [6, 6.07) is 15.8. The average molecular weight is 1020 g/mol. The lowest BCUT2D eigenvalue weighted by Gasteiger charge is -2.17. The molecular weight excluding hydrogens is 959 g/mol. The van der Waals surface area contributed by atoms with Gasteiger partial charge in [-0.3, -0.25) is 14.4 Å². The van der Waals surface area contributed by atoms with E-state index in [2.05, 4.69) is 39.0 Å². The molecule has 0 saturated heterocycles. The normalized spacial score (nSPS) is 10.8. The zero-order chi connectivity index (χ0) is 49.4. The van der Waals surface area contributed by atoms with Gasteiger partial charge in [0.25, 0.3) is 0 Å². The standard InChI is InChI=1S/C28H32Cl2O3.C28H32Cl2S3/c2*1-6-21(31)11-9-10-12-22(19-13-23(27(32)7-2)17(4)25(29)15-19)20-14-24(28(33)8-3)18(5)26(30)16-20/h2*12-16H,6-11H2,1-5H3. The van der Waals surface area contributed by atoms with E-state index < -0.39 is 0 Å². The molecule has 4 rings (SSSR count). The maximum Gasteiger partial charge on any atom is 0.162 e. The van der Waals surface area contributed by atoms with Gasteiger partial charge in [0.05, 0.1) is 0 Å². The van der Waals surface area contributed by atoms with Crippen LogP contribution in [0.5, 0.6) is 0 Å². The molecule has 3 nitrogen and oxygen atoms in total. The van der Waals surface area contributed by atoms with Crippen molar-refractivity contribution < 1.29 is 14.4 Å². The van der Waals surface area contributed by atoms with E-state index in [4.69, 9.17) is 83.1 Å². The third-order valence-electron chi connectivity index (χ3n) is 11.9. The van der Waals surface area contributed by atoms with Gasteiger partial charge in [-0.1, -0.05) is 137 Å². The first-order valence-corrected chi connectivity index (χ1v) is 25.8. The zero-order valence-corrected chi connectivity index (χ0v) is 45.7. The van der Waals surface area contributed by atoms with E-state index in [9.17, 15) is 14.4 Å². The first-order chi connectivity index (χ1) is 31.3. The highest BCUT2D eigenvalue weighted by Gasteiger charge is 2.20. The topological polar surface area (TPSA) is 51.2 Å². The van der Waals surface area contributed by atoms with Crippen LogP contribution >= 0.6 is 83.1 Å². The van der Waals surface area contributed by atoms with Gasteiger partial charge in [-0.15, -0.1) is 0 Å². The predicted molar refractivity (Wildman–Crippen MR) is 298 cm³/mol. The van der Waals surface area contributed by atoms with Crippen molar-refractivity contribution >= 4 is 126 Å². The van der Waals surface area contributed by atoms with Crippen LogP contribution in [0.1, 0.15) is 195 Å². The van der Waals surface area contributed by atoms with Gasteiger partial charge in [0.15, 0.2) is 11.6 Å². The number of carbonyl (C=O) groups excluding carboxylic acids is 3. The number of Topliss-reactive ketones (excluding diaryl/α,β-unsaturated/α-hetero) is 3. The van der Waals surface area contributed by atoms with Crippen molar-refractivity contribution in [2.45, 2.75) is 146 Å². The highest BCUT2D eigenvalue weighted by Crippen LogP contribution is 2.36. The zero-order valence-electron chi connectivity index (χ0n) is 40.2. The van der Waals surface area contributed by atoms with Crippen LogP contribution < -0.4 is 0 Å². The molecule has 0 aliphatic rings. The number of benzene rings is 4. The maximum atomic E-state index is 12.6. The van der Waals surface area contributed by atoms with Gasteiger partial charge in [0, 0.05) is 66.6 Å². The monoisotopic (exact) mass is 1020 g/mol. The SMILES string of the molecule is CCC(=O)CCCC=C(c1cc(Cl)c(C)c(C(=O)CC)c1)c1cc(Cl)c(C)c(C(=O)CC)c1.CCC(=S)CCCC=C(c1cc(Cl)c(C)c(C(=S)CC)c1)c1cc(Cl)c(C)c(C(=S)CC)c1. The van der Waals surface area contributed by atoms with Crippen molar-refractivity contribution in [3.63, 3.8) is 0 Å². The van der Waals surface area contributed by atoms with Crippen molar-refractivity contribution in [1.82, 2.24) is 0 Å². The van der Waals surface area contributed by atoms with Crippen molar-refractivity contribution in [2.24, 2.45) is 0 Å². The maximum absolute atomic E-state index is 12.6. The fourth-order valence-corrected chi connectivity index (χ4v) is 8.95. The van der Waals surface area contributed by atoms with Crippen molar-refractivity contribution in [1.29, 1.82) is 0 Å². The Morgan fingerprint density at radius 3 is 1.06 bits per heavy atom. The number of hydrogen-bond donors (Lipinski definition) is 0. The molecule has 0 bridgehead atoms. The lowest BCUT2D eigenvalue weighted by molar-refractivity contribution is -0.118. The van der Waals surface area contributed by atoms with Gasteiger partial charge in [-0.05, 0) is 199 Å². The minimum Gasteiger partial charge on any atom is -0.300 e. The molecule has 10 heteroatoms. The van der Waals surface area contributed by atoms with Crippen LogP contribution in [-0.2, 0) is 4.79 Å². The van der Waals surface area contributed by atoms with Crippen molar-refractivity contribution in [3.05, 3.63) is 148 Å². The fourth-order valence-electron chi connectivity index (χ4n) is 7.51. The molecule has 4 aromatic carbocycles. The summed E-state index contributed by atoms with van der Waals surface area (Å²) in [5, 5.41) is 2.47. The Morgan fingerprint density at radius 2 is 0.758 bits per heavy atom. The summed E-state index contributed by atoms with van der Waals surface area (Å²) >= 11 is 43.2. The van der Waals surface area contributed by atoms with Crippen LogP contribution in [0.3, 0.4) is 0 Å². The minimum atomic E-state index is 0.0212. The van der Waals surface area contributed by atoms with Crippen LogP contribution in [-0.4, -0.2) is 31.9 Å². The number of carbonyl (C=O) groups is 3. The molecule has 0 fully saturated rings. The van der Waals surface area contributed by atoms with Crippen LogP contribution in [0.15, 0.2) is 60.7 Å². The number of halogens is 4. The summed E-state index contributed by atoms with van der Waals surface area (Å²) in [5.74, 6) is 0.272. The molecule has 0 saturated carbocycles. The molecule has 0 aliphatic heterocycles. The van der Waals surface area contributed by atoms with Gasteiger partial charge in [0.1, 0.15) is 5.78 Å². The molecule has 0 aliphatic carbocycles. The number of rotatable bonds is 22. The molecule has 0 spiro atoms. The molecule has 0 amide bonds. The van der Waals surface area contributed by atoms with Crippen LogP contribution in [0.4, 0.5) is 0 Å². The lowest BCUT2D eigenvalue weighted by atomic mass is 9.89. The Labute approximate surface area is 431 Å². The Hall–Kier alpha value is -3.20. The number of hydrogen-bond acceptors (Lipinski definition) is 6. The highest BCUT2D eigenvalue weighted by molar-refractivity contribution is 7.81. The van der Waals surface area contributed by atoms with Crippen LogP contribution in [0.25, 0.3) is 11.1 Å². The second-order valence-electron chi connectivity index (χ2n) is 16.4. The lowest BCUT2D eigenvalue weighted by Crippen LogP contribution is -2.04. The van der Waals surface area contributed by atoms with E-state index in [0.29, 0.717) is 53.3 Å². The van der Waals surface area contributed by atoms with Gasteiger partial charge < -0.3 is 0 Å². The summed E-state index contributed by atoms with van der Waals surface area (Å²) < 4.78 is 0. The van der Waals surface area contributed by atoms with Crippen LogP contribution in [0.2, 0.25) is 20.1 Å². The minimum absolute atomic E-state index is 0.0212. The molecule has 0 N–H and O–H groups in total. The quantitative estimate of drug-likeness (QED) is 0.0444. The third-order valence-corrected chi connectivity index (χ3v) is 15.0. The number of thiocarbonyl (C=S) groups is 3. The molecule has 0 heterocycles. The summed E-state index contributed by atoms with van der Waals surface area (Å²) in [7, 11) is 0. The van der Waals surface area contributed by atoms with E-state index in [1.165, 1.54) is 0 Å². The first-order valence-electron chi connectivity index (χ1n) is 23.1. The second kappa shape index (κ2) is 27.7. The third kappa shape index (κ3) is 15.4. The van der Waals surface area contributed by atoms with Crippen molar-refractivity contribution in [3.8, 4) is 0 Å². The van der Waals surface area contributed by atoms with E-state index in [0.717, 1.165) is 136 Å². The molecule has 0 aromatic heterocycles. The van der Waals surface area contributed by atoms with E-state index in [-0.39, 0.29) is 17.3 Å².